The van der Waals surface area contributed by atoms with Gasteiger partial charge in [0.25, 0.3) is 0 Å². The quantitative estimate of drug-likeness (QED) is 0.937. The first-order valence-electron chi connectivity index (χ1n) is 5.43. The van der Waals surface area contributed by atoms with Crippen LogP contribution in [0.25, 0.3) is 0 Å². The van der Waals surface area contributed by atoms with Crippen LogP contribution < -0.4 is 0 Å². The molecule has 1 N–H and O–H groups in total. The molecular formula is C12H13FN2OS2. The zero-order valence-corrected chi connectivity index (χ0v) is 11.9. The lowest BCUT2D eigenvalue weighted by molar-refractivity contribution is 0.196. The molecule has 1 atom stereocenters. The van der Waals surface area contributed by atoms with Crippen molar-refractivity contribution in [3.63, 3.8) is 0 Å². The third-order valence-corrected chi connectivity index (χ3v) is 4.41. The summed E-state index contributed by atoms with van der Waals surface area (Å²) in [6.07, 6.45) is -0.711. The maximum Gasteiger partial charge on any atom is 0.179 e. The number of aryl methyl sites for hydroxylation is 2. The van der Waals surface area contributed by atoms with E-state index >= 15 is 0 Å². The van der Waals surface area contributed by atoms with Gasteiger partial charge in [0.1, 0.15) is 10.8 Å². The summed E-state index contributed by atoms with van der Waals surface area (Å²) < 4.78 is 14.3. The number of rotatable bonds is 3. The van der Waals surface area contributed by atoms with Crippen molar-refractivity contribution in [1.29, 1.82) is 0 Å². The van der Waals surface area contributed by atoms with Crippen LogP contribution in [0.15, 0.2) is 21.4 Å². The predicted octanol–water partition coefficient (Wildman–Crippen LogP) is 3.50. The molecule has 96 valence electrons. The molecular weight excluding hydrogens is 271 g/mol. The molecule has 0 aliphatic rings. The van der Waals surface area contributed by atoms with E-state index in [0.29, 0.717) is 11.1 Å². The van der Waals surface area contributed by atoms with Gasteiger partial charge in [-0.2, -0.15) is 0 Å². The number of hydrogen-bond donors (Lipinski definition) is 1. The summed E-state index contributed by atoms with van der Waals surface area (Å²) in [5.74, 6) is -0.302. The van der Waals surface area contributed by atoms with Crippen molar-refractivity contribution in [1.82, 2.24) is 10.2 Å². The Kier molecular flexibility index (Phi) is 3.99. The zero-order valence-electron chi connectivity index (χ0n) is 10.3. The zero-order chi connectivity index (χ0) is 13.3. The van der Waals surface area contributed by atoms with Gasteiger partial charge in [0.05, 0.1) is 6.10 Å². The largest absolute Gasteiger partial charge is 0.389 e. The topological polar surface area (TPSA) is 46.0 Å². The van der Waals surface area contributed by atoms with E-state index in [1.807, 2.05) is 6.92 Å². The molecule has 3 nitrogen and oxygen atoms in total. The Labute approximate surface area is 113 Å². The van der Waals surface area contributed by atoms with Crippen molar-refractivity contribution in [2.45, 2.75) is 36.1 Å². The fraction of sp³-hybridized carbons (Fsp3) is 0.333. The van der Waals surface area contributed by atoms with Crippen molar-refractivity contribution >= 4 is 23.1 Å². The average molecular weight is 284 g/mol. The summed E-state index contributed by atoms with van der Waals surface area (Å²) in [4.78, 5) is 0.819. The van der Waals surface area contributed by atoms with Gasteiger partial charge in [-0.15, -0.1) is 10.2 Å². The van der Waals surface area contributed by atoms with Crippen LogP contribution in [0.3, 0.4) is 0 Å². The third-order valence-electron chi connectivity index (χ3n) is 2.45. The van der Waals surface area contributed by atoms with Gasteiger partial charge in [-0.05, 0) is 44.0 Å². The third kappa shape index (κ3) is 2.88. The molecule has 18 heavy (non-hydrogen) atoms. The summed E-state index contributed by atoms with van der Waals surface area (Å²) in [6.45, 7) is 5.21. The smallest absolute Gasteiger partial charge is 0.179 e. The Hall–Kier alpha value is -0.980. The molecule has 0 aliphatic carbocycles. The van der Waals surface area contributed by atoms with Crippen LogP contribution in [0.2, 0.25) is 0 Å². The maximum absolute atomic E-state index is 13.5. The fourth-order valence-corrected chi connectivity index (χ4v) is 3.57. The van der Waals surface area contributed by atoms with E-state index in [2.05, 4.69) is 10.2 Å². The van der Waals surface area contributed by atoms with Gasteiger partial charge in [-0.1, -0.05) is 23.1 Å². The van der Waals surface area contributed by atoms with Gasteiger partial charge in [0.15, 0.2) is 4.34 Å². The van der Waals surface area contributed by atoms with Crippen molar-refractivity contribution in [2.75, 3.05) is 0 Å². The molecule has 1 aromatic carbocycles. The molecule has 0 radical (unpaired) electrons. The summed E-state index contributed by atoms with van der Waals surface area (Å²) in [5.41, 5.74) is 1.14. The van der Waals surface area contributed by atoms with Crippen LogP contribution >= 0.6 is 23.1 Å². The average Bonchev–Trinajstić information content (AvgIpc) is 2.68. The second-order valence-corrected chi connectivity index (χ2v) is 6.47. The van der Waals surface area contributed by atoms with E-state index < -0.39 is 6.10 Å². The van der Waals surface area contributed by atoms with E-state index in [4.69, 9.17) is 0 Å². The molecule has 0 bridgehead atoms. The second kappa shape index (κ2) is 5.34. The van der Waals surface area contributed by atoms with Gasteiger partial charge >= 0.3 is 0 Å². The van der Waals surface area contributed by atoms with Crippen molar-refractivity contribution < 1.29 is 9.50 Å². The van der Waals surface area contributed by atoms with Crippen molar-refractivity contribution in [2.24, 2.45) is 0 Å². The number of nitrogens with zero attached hydrogens (tertiary/aromatic N) is 2. The predicted molar refractivity (Wildman–Crippen MR) is 70.5 cm³/mol. The molecule has 2 aromatic rings. The number of hydrogen-bond acceptors (Lipinski definition) is 5. The van der Waals surface area contributed by atoms with Crippen molar-refractivity contribution in [3.8, 4) is 0 Å². The first kappa shape index (κ1) is 13.5. The minimum absolute atomic E-state index is 0.302. The molecule has 0 amide bonds. The van der Waals surface area contributed by atoms with Crippen LogP contribution in [0, 0.1) is 19.7 Å². The normalized spacial score (nSPS) is 12.7. The highest BCUT2D eigenvalue weighted by atomic mass is 32.2. The van der Waals surface area contributed by atoms with Gasteiger partial charge in [-0.25, -0.2) is 4.39 Å². The number of aliphatic hydroxyl groups excluding tert-OH is 1. The molecule has 2 rings (SSSR count). The van der Waals surface area contributed by atoms with Gasteiger partial charge in [0, 0.05) is 4.90 Å². The van der Waals surface area contributed by atoms with Crippen molar-refractivity contribution in [3.05, 3.63) is 34.1 Å². The Morgan fingerprint density at radius 3 is 2.61 bits per heavy atom. The highest BCUT2D eigenvalue weighted by Gasteiger charge is 2.14. The minimum atomic E-state index is -0.711. The standard InChI is InChI=1S/C12H13FN2OS2/c1-6-4-11(9(7(2)16)5-10(6)13)18-12-15-14-8(3)17-12/h4-5,7,16H,1-3H3/t7-/m0/s1. The highest BCUT2D eigenvalue weighted by Crippen LogP contribution is 2.36. The minimum Gasteiger partial charge on any atom is -0.389 e. The molecule has 1 heterocycles. The number of benzene rings is 1. The number of aromatic nitrogens is 2. The molecule has 0 fully saturated rings. The summed E-state index contributed by atoms with van der Waals surface area (Å²) in [7, 11) is 0. The van der Waals surface area contributed by atoms with Crippen LogP contribution in [-0.4, -0.2) is 15.3 Å². The molecule has 0 spiro atoms. The molecule has 0 aliphatic heterocycles. The number of halogens is 1. The monoisotopic (exact) mass is 284 g/mol. The highest BCUT2D eigenvalue weighted by molar-refractivity contribution is 8.01. The molecule has 0 unspecified atom stereocenters. The molecule has 0 saturated heterocycles. The van der Waals surface area contributed by atoms with Gasteiger partial charge in [0.2, 0.25) is 0 Å². The Morgan fingerprint density at radius 1 is 1.33 bits per heavy atom. The summed E-state index contributed by atoms with van der Waals surface area (Å²) >= 11 is 2.88. The second-order valence-electron chi connectivity index (χ2n) is 4.00. The van der Waals surface area contributed by atoms with Crippen LogP contribution in [-0.2, 0) is 0 Å². The summed E-state index contributed by atoms with van der Waals surface area (Å²) in [6, 6.07) is 3.12. The molecule has 6 heteroatoms. The first-order valence-corrected chi connectivity index (χ1v) is 7.06. The van der Waals surface area contributed by atoms with E-state index in [0.717, 1.165) is 14.2 Å². The molecule has 0 saturated carbocycles. The van der Waals surface area contributed by atoms with Gasteiger partial charge < -0.3 is 5.11 Å². The van der Waals surface area contributed by atoms with E-state index in [9.17, 15) is 9.50 Å². The van der Waals surface area contributed by atoms with Crippen LogP contribution in [0.5, 0.6) is 0 Å². The Balaban J connectivity index is 2.39. The lowest BCUT2D eigenvalue weighted by Crippen LogP contribution is -1.97. The molecule has 1 aromatic heterocycles. The number of aliphatic hydroxyl groups is 1. The lowest BCUT2D eigenvalue weighted by Gasteiger charge is -2.12. The SMILES string of the molecule is Cc1nnc(Sc2cc(C)c(F)cc2[C@H](C)O)s1. The fourth-order valence-electron chi connectivity index (χ4n) is 1.50. The lowest BCUT2D eigenvalue weighted by atomic mass is 10.1. The first-order chi connectivity index (χ1) is 8.47. The maximum atomic E-state index is 13.5. The van der Waals surface area contributed by atoms with Crippen LogP contribution in [0.1, 0.15) is 29.2 Å². The van der Waals surface area contributed by atoms with E-state index in [1.54, 1.807) is 19.9 Å². The Bertz CT molecular complexity index is 569. The summed E-state index contributed by atoms with van der Waals surface area (Å²) in [5, 5.41) is 18.5. The van der Waals surface area contributed by atoms with E-state index in [1.165, 1.54) is 29.2 Å². The van der Waals surface area contributed by atoms with Crippen LogP contribution in [0.4, 0.5) is 4.39 Å². The Morgan fingerprint density at radius 2 is 2.06 bits per heavy atom. The van der Waals surface area contributed by atoms with Gasteiger partial charge in [-0.3, -0.25) is 0 Å². The van der Waals surface area contributed by atoms with E-state index in [-0.39, 0.29) is 5.82 Å².